The number of carboxylic acids is 1. The lowest BCUT2D eigenvalue weighted by Crippen LogP contribution is -2.49. The van der Waals surface area contributed by atoms with E-state index in [1.54, 1.807) is 4.90 Å². The fourth-order valence-corrected chi connectivity index (χ4v) is 1.26. The molecule has 1 N–H and O–H groups in total. The van der Waals surface area contributed by atoms with Gasteiger partial charge in [-0.05, 0) is 27.7 Å². The second-order valence-electron chi connectivity index (χ2n) is 3.79. The second-order valence-corrected chi connectivity index (χ2v) is 3.79. The van der Waals surface area contributed by atoms with Crippen LogP contribution < -0.4 is 0 Å². The molecule has 0 aliphatic rings. The number of likely N-dealkylation sites (N-methyl/N-ethyl adjacent to an activating group) is 1. The van der Waals surface area contributed by atoms with Crippen LogP contribution in [0.25, 0.3) is 0 Å². The number of aliphatic carboxylic acids is 1. The maximum absolute atomic E-state index is 11.9. The molecule has 0 bridgehead atoms. The summed E-state index contributed by atoms with van der Waals surface area (Å²) < 4.78 is 0. The predicted molar refractivity (Wildman–Crippen MR) is 57.8 cm³/mol. The first-order chi connectivity index (χ1) is 6.82. The van der Waals surface area contributed by atoms with Gasteiger partial charge in [0.05, 0.1) is 0 Å². The summed E-state index contributed by atoms with van der Waals surface area (Å²) in [5.74, 6) is -0.995. The Bertz CT molecular complexity index is 241. The highest BCUT2D eigenvalue weighted by atomic mass is 16.4. The molecular weight excluding hydrogens is 196 g/mol. The highest BCUT2D eigenvalue weighted by molar-refractivity contribution is 5.82. The van der Waals surface area contributed by atoms with Gasteiger partial charge in [0.2, 0.25) is 0 Å². The van der Waals surface area contributed by atoms with Gasteiger partial charge in [0.25, 0.3) is 0 Å². The van der Waals surface area contributed by atoms with Crippen molar-refractivity contribution in [2.45, 2.75) is 39.8 Å². The van der Waals surface area contributed by atoms with E-state index in [9.17, 15) is 9.59 Å². The predicted octanol–water partition coefficient (Wildman–Crippen LogP) is 1.24. The summed E-state index contributed by atoms with van der Waals surface area (Å²) in [6, 6.07) is -0.973. The Morgan fingerprint density at radius 1 is 1.27 bits per heavy atom. The monoisotopic (exact) mass is 216 g/mol. The van der Waals surface area contributed by atoms with Gasteiger partial charge in [-0.15, -0.1) is 0 Å². The van der Waals surface area contributed by atoms with E-state index >= 15 is 0 Å². The Balaban J connectivity index is 4.61. The zero-order chi connectivity index (χ0) is 12.2. The average Bonchev–Trinajstić information content (AvgIpc) is 2.15. The van der Waals surface area contributed by atoms with Crippen molar-refractivity contribution in [1.29, 1.82) is 0 Å². The van der Waals surface area contributed by atoms with Crippen molar-refractivity contribution in [2.75, 3.05) is 13.6 Å². The van der Waals surface area contributed by atoms with Crippen LogP contribution in [0, 0.1) is 0 Å². The third kappa shape index (κ3) is 3.42. The lowest BCUT2D eigenvalue weighted by Gasteiger charge is -2.32. The van der Waals surface area contributed by atoms with Crippen molar-refractivity contribution in [3.63, 3.8) is 0 Å². The van der Waals surface area contributed by atoms with Crippen molar-refractivity contribution in [3.8, 4) is 0 Å². The zero-order valence-electron chi connectivity index (χ0n) is 10.0. The lowest BCUT2D eigenvalue weighted by molar-refractivity contribution is -0.141. The van der Waals surface area contributed by atoms with Crippen LogP contribution in [-0.2, 0) is 4.79 Å². The molecule has 15 heavy (non-hydrogen) atoms. The number of hydrogen-bond donors (Lipinski definition) is 1. The number of hydrogen-bond acceptors (Lipinski definition) is 2. The fraction of sp³-hybridized carbons (Fsp3) is 0.800. The number of nitrogens with zero attached hydrogens (tertiary/aromatic N) is 2. The first-order valence-electron chi connectivity index (χ1n) is 5.09. The summed E-state index contributed by atoms with van der Waals surface area (Å²) >= 11 is 0. The van der Waals surface area contributed by atoms with E-state index in [1.165, 1.54) is 18.9 Å². The molecule has 0 fully saturated rings. The third-order valence-electron chi connectivity index (χ3n) is 2.45. The van der Waals surface area contributed by atoms with E-state index in [-0.39, 0.29) is 12.1 Å². The SMILES string of the molecule is CCN(C(=O)N(C)C(C)C(=O)O)C(C)C. The van der Waals surface area contributed by atoms with Crippen molar-refractivity contribution < 1.29 is 14.7 Å². The minimum absolute atomic E-state index is 0.0749. The van der Waals surface area contributed by atoms with Crippen LogP contribution in [0.5, 0.6) is 0 Å². The topological polar surface area (TPSA) is 60.9 Å². The van der Waals surface area contributed by atoms with E-state index in [4.69, 9.17) is 5.11 Å². The van der Waals surface area contributed by atoms with Gasteiger partial charge in [0.15, 0.2) is 0 Å². The standard InChI is InChI=1S/C10H20N2O3/c1-6-12(7(2)3)10(15)11(5)8(4)9(13)14/h7-8H,6H2,1-5H3,(H,13,14). The van der Waals surface area contributed by atoms with Crippen LogP contribution >= 0.6 is 0 Å². The van der Waals surface area contributed by atoms with E-state index in [0.29, 0.717) is 6.54 Å². The number of rotatable bonds is 4. The van der Waals surface area contributed by atoms with Gasteiger partial charge in [0.1, 0.15) is 6.04 Å². The highest BCUT2D eigenvalue weighted by Crippen LogP contribution is 2.06. The van der Waals surface area contributed by atoms with E-state index in [1.807, 2.05) is 20.8 Å². The quantitative estimate of drug-likeness (QED) is 0.769. The molecule has 5 nitrogen and oxygen atoms in total. The van der Waals surface area contributed by atoms with Gasteiger partial charge in [-0.2, -0.15) is 0 Å². The van der Waals surface area contributed by atoms with E-state index in [0.717, 1.165) is 0 Å². The van der Waals surface area contributed by atoms with Crippen molar-refractivity contribution in [2.24, 2.45) is 0 Å². The molecule has 0 saturated heterocycles. The molecule has 5 heteroatoms. The van der Waals surface area contributed by atoms with Crippen LogP contribution in [0.3, 0.4) is 0 Å². The maximum atomic E-state index is 11.9. The molecule has 0 aliphatic heterocycles. The Kier molecular flexibility index (Phi) is 5.11. The summed E-state index contributed by atoms with van der Waals surface area (Å²) in [7, 11) is 1.51. The number of amides is 2. The van der Waals surface area contributed by atoms with Crippen molar-refractivity contribution in [1.82, 2.24) is 9.80 Å². The molecule has 0 aliphatic carbocycles. The minimum Gasteiger partial charge on any atom is -0.480 e. The second kappa shape index (κ2) is 5.58. The molecule has 0 rings (SSSR count). The molecule has 0 spiro atoms. The largest absolute Gasteiger partial charge is 0.480 e. The third-order valence-corrected chi connectivity index (χ3v) is 2.45. The summed E-state index contributed by atoms with van der Waals surface area (Å²) in [6.45, 7) is 7.75. The summed E-state index contributed by atoms with van der Waals surface area (Å²) in [5.41, 5.74) is 0. The van der Waals surface area contributed by atoms with Gasteiger partial charge < -0.3 is 14.9 Å². The first-order valence-corrected chi connectivity index (χ1v) is 5.09. The smallest absolute Gasteiger partial charge is 0.326 e. The highest BCUT2D eigenvalue weighted by Gasteiger charge is 2.26. The summed E-state index contributed by atoms with van der Waals surface area (Å²) in [4.78, 5) is 25.4. The summed E-state index contributed by atoms with van der Waals surface area (Å²) in [5, 5.41) is 8.78. The Hall–Kier alpha value is -1.26. The lowest BCUT2D eigenvalue weighted by atomic mass is 10.3. The van der Waals surface area contributed by atoms with Crippen molar-refractivity contribution in [3.05, 3.63) is 0 Å². The molecule has 0 radical (unpaired) electrons. The molecule has 0 aromatic carbocycles. The first kappa shape index (κ1) is 13.7. The number of carbonyl (C=O) groups excluding carboxylic acids is 1. The van der Waals surface area contributed by atoms with Crippen LogP contribution in [0.2, 0.25) is 0 Å². The van der Waals surface area contributed by atoms with Gasteiger partial charge in [-0.25, -0.2) is 9.59 Å². The molecular formula is C10H20N2O3. The van der Waals surface area contributed by atoms with Crippen LogP contribution in [-0.4, -0.2) is 52.6 Å². The molecule has 2 amide bonds. The molecule has 0 aromatic rings. The number of carboxylic acid groups (broad SMARTS) is 1. The van der Waals surface area contributed by atoms with Crippen LogP contribution in [0.1, 0.15) is 27.7 Å². The number of urea groups is 1. The molecule has 1 atom stereocenters. The van der Waals surface area contributed by atoms with E-state index in [2.05, 4.69) is 0 Å². The van der Waals surface area contributed by atoms with Crippen LogP contribution in [0.15, 0.2) is 0 Å². The molecule has 1 unspecified atom stereocenters. The van der Waals surface area contributed by atoms with Crippen molar-refractivity contribution >= 4 is 12.0 Å². The van der Waals surface area contributed by atoms with Gasteiger partial charge in [0, 0.05) is 19.6 Å². The Morgan fingerprint density at radius 3 is 2.00 bits per heavy atom. The maximum Gasteiger partial charge on any atom is 0.326 e. The average molecular weight is 216 g/mol. The Morgan fingerprint density at radius 2 is 1.73 bits per heavy atom. The van der Waals surface area contributed by atoms with Gasteiger partial charge in [-0.1, -0.05) is 0 Å². The fourth-order valence-electron chi connectivity index (χ4n) is 1.26. The minimum atomic E-state index is -0.995. The van der Waals surface area contributed by atoms with Gasteiger partial charge in [-0.3, -0.25) is 0 Å². The zero-order valence-corrected chi connectivity index (χ0v) is 10.0. The molecule has 0 aromatic heterocycles. The molecule has 0 heterocycles. The van der Waals surface area contributed by atoms with E-state index < -0.39 is 12.0 Å². The van der Waals surface area contributed by atoms with Crippen LogP contribution in [0.4, 0.5) is 4.79 Å². The normalized spacial score (nSPS) is 12.4. The molecule has 0 saturated carbocycles. The van der Waals surface area contributed by atoms with Gasteiger partial charge >= 0.3 is 12.0 Å². The number of carbonyl (C=O) groups is 2. The summed E-state index contributed by atoms with van der Waals surface area (Å²) in [6.07, 6.45) is 0. The molecule has 88 valence electrons. The Labute approximate surface area is 90.7 Å².